The molecule has 3 unspecified atom stereocenters. The molecular weight excluding hydrogens is 194 g/mol. The lowest BCUT2D eigenvalue weighted by molar-refractivity contribution is 0.222. The van der Waals surface area contributed by atoms with E-state index in [0.717, 1.165) is 5.92 Å². The fraction of sp³-hybridized carbons (Fsp3) is 0.867. The summed E-state index contributed by atoms with van der Waals surface area (Å²) in [6.07, 6.45) is 2.44. The van der Waals surface area contributed by atoms with Crippen LogP contribution in [0.2, 0.25) is 0 Å². The second kappa shape index (κ2) is 4.18. The molecule has 1 aliphatic carbocycles. The van der Waals surface area contributed by atoms with Crippen LogP contribution in [0.4, 0.5) is 0 Å². The van der Waals surface area contributed by atoms with E-state index < -0.39 is 0 Å². The van der Waals surface area contributed by atoms with E-state index in [2.05, 4.69) is 48.1 Å². The molecule has 0 amide bonds. The third-order valence-corrected chi connectivity index (χ3v) is 3.95. The molecule has 0 heterocycles. The summed E-state index contributed by atoms with van der Waals surface area (Å²) in [4.78, 5) is 0. The molecule has 0 aliphatic heterocycles. The van der Waals surface area contributed by atoms with Gasteiger partial charge in [0.15, 0.2) is 0 Å². The molecule has 0 saturated heterocycles. The number of rotatable bonds is 3. The average Bonchev–Trinajstić information content (AvgIpc) is 2.72. The normalized spacial score (nSPS) is 27.7. The topological polar surface area (TPSA) is 26.0 Å². The van der Waals surface area contributed by atoms with E-state index in [1.807, 2.05) is 0 Å². The third kappa shape index (κ3) is 3.35. The van der Waals surface area contributed by atoms with Crippen molar-refractivity contribution in [2.75, 3.05) is 0 Å². The Morgan fingerprint density at radius 2 is 1.69 bits per heavy atom. The number of hydrogen-bond acceptors (Lipinski definition) is 1. The van der Waals surface area contributed by atoms with Crippen molar-refractivity contribution in [2.45, 2.75) is 60.4 Å². The molecule has 1 fully saturated rings. The highest BCUT2D eigenvalue weighted by Gasteiger charge is 2.40. The van der Waals surface area contributed by atoms with Crippen molar-refractivity contribution in [3.63, 3.8) is 0 Å². The van der Waals surface area contributed by atoms with Crippen LogP contribution in [-0.2, 0) is 0 Å². The highest BCUT2D eigenvalue weighted by atomic mass is 14.7. The molecule has 0 spiro atoms. The molecule has 0 aromatic carbocycles. The largest absolute Gasteiger partial charge is 0.327 e. The summed E-state index contributed by atoms with van der Waals surface area (Å²) in [5.74, 6) is 1.33. The van der Waals surface area contributed by atoms with Gasteiger partial charge >= 0.3 is 0 Å². The summed E-state index contributed by atoms with van der Waals surface area (Å²) in [6, 6.07) is 0.456. The molecule has 2 N–H and O–H groups in total. The van der Waals surface area contributed by atoms with Crippen LogP contribution in [0.25, 0.3) is 0 Å². The van der Waals surface area contributed by atoms with Crippen molar-refractivity contribution in [3.05, 3.63) is 12.2 Å². The van der Waals surface area contributed by atoms with Crippen LogP contribution in [0.3, 0.4) is 0 Å². The van der Waals surface area contributed by atoms with Crippen LogP contribution in [0, 0.1) is 22.7 Å². The second-order valence-corrected chi connectivity index (χ2v) is 7.59. The monoisotopic (exact) mass is 223 g/mol. The smallest absolute Gasteiger partial charge is 0.00711 e. The first-order chi connectivity index (χ1) is 7.03. The summed E-state index contributed by atoms with van der Waals surface area (Å²) < 4.78 is 0. The zero-order valence-corrected chi connectivity index (χ0v) is 11.9. The van der Waals surface area contributed by atoms with Gasteiger partial charge in [0.2, 0.25) is 0 Å². The molecular formula is C15H29N. The maximum Gasteiger partial charge on any atom is 0.00711 e. The van der Waals surface area contributed by atoms with Gasteiger partial charge in [-0.1, -0.05) is 53.7 Å². The van der Waals surface area contributed by atoms with Crippen molar-refractivity contribution in [3.8, 4) is 0 Å². The molecule has 16 heavy (non-hydrogen) atoms. The Bertz CT molecular complexity index is 264. The van der Waals surface area contributed by atoms with Gasteiger partial charge in [0.1, 0.15) is 0 Å². The van der Waals surface area contributed by atoms with Gasteiger partial charge < -0.3 is 5.73 Å². The Morgan fingerprint density at radius 3 is 1.94 bits per heavy atom. The van der Waals surface area contributed by atoms with E-state index in [1.165, 1.54) is 18.4 Å². The van der Waals surface area contributed by atoms with Gasteiger partial charge in [-0.25, -0.2) is 0 Å². The lowest BCUT2D eigenvalue weighted by atomic mass is 9.67. The minimum absolute atomic E-state index is 0.205. The average molecular weight is 223 g/mol. The molecule has 1 aliphatic rings. The van der Waals surface area contributed by atoms with Gasteiger partial charge in [0.05, 0.1) is 0 Å². The molecule has 0 radical (unpaired) electrons. The van der Waals surface area contributed by atoms with E-state index in [4.69, 9.17) is 5.73 Å². The number of nitrogens with two attached hydrogens (primary N) is 1. The van der Waals surface area contributed by atoms with Gasteiger partial charge in [0.25, 0.3) is 0 Å². The lowest BCUT2D eigenvalue weighted by Gasteiger charge is -2.38. The summed E-state index contributed by atoms with van der Waals surface area (Å²) in [6.45, 7) is 18.1. The fourth-order valence-electron chi connectivity index (χ4n) is 2.39. The predicted molar refractivity (Wildman–Crippen MR) is 72.2 cm³/mol. The quantitative estimate of drug-likeness (QED) is 0.719. The first kappa shape index (κ1) is 13.8. The van der Waals surface area contributed by atoms with Crippen LogP contribution >= 0.6 is 0 Å². The van der Waals surface area contributed by atoms with Crippen LogP contribution in [0.15, 0.2) is 12.2 Å². The number of hydrogen-bond donors (Lipinski definition) is 1. The van der Waals surface area contributed by atoms with Gasteiger partial charge in [-0.15, -0.1) is 0 Å². The van der Waals surface area contributed by atoms with E-state index in [9.17, 15) is 0 Å². The van der Waals surface area contributed by atoms with Gasteiger partial charge in [-0.05, 0) is 35.5 Å². The maximum absolute atomic E-state index is 5.94. The maximum atomic E-state index is 5.94. The van der Waals surface area contributed by atoms with Crippen LogP contribution in [0.1, 0.15) is 54.4 Å². The Hall–Kier alpha value is -0.300. The standard InChI is InChI=1S/C15H29N/c1-10(14(2,3)4)12(15(5,6)7)8-11-9-13(11)16/h11-13H,1,8-9,16H2,2-7H3. The Balaban J connectivity index is 2.76. The zero-order valence-electron chi connectivity index (χ0n) is 11.9. The third-order valence-electron chi connectivity index (χ3n) is 3.95. The second-order valence-electron chi connectivity index (χ2n) is 7.59. The van der Waals surface area contributed by atoms with E-state index in [1.54, 1.807) is 0 Å². The highest BCUT2D eigenvalue weighted by Crippen LogP contribution is 2.47. The SMILES string of the molecule is C=C(C(CC1CC1N)C(C)(C)C)C(C)(C)C. The minimum Gasteiger partial charge on any atom is -0.327 e. The first-order valence-electron chi connectivity index (χ1n) is 6.48. The van der Waals surface area contributed by atoms with E-state index in [0.29, 0.717) is 17.4 Å². The van der Waals surface area contributed by atoms with Crippen molar-refractivity contribution in [1.82, 2.24) is 0 Å². The lowest BCUT2D eigenvalue weighted by Crippen LogP contribution is -2.29. The molecule has 3 atom stereocenters. The Morgan fingerprint density at radius 1 is 1.25 bits per heavy atom. The molecule has 1 rings (SSSR count). The van der Waals surface area contributed by atoms with Crippen molar-refractivity contribution in [1.29, 1.82) is 0 Å². The minimum atomic E-state index is 0.205. The molecule has 0 aromatic rings. The predicted octanol–water partition coefficient (Wildman–Crippen LogP) is 3.99. The fourth-order valence-corrected chi connectivity index (χ4v) is 2.39. The molecule has 1 heteroatoms. The van der Waals surface area contributed by atoms with Gasteiger partial charge in [-0.2, -0.15) is 0 Å². The van der Waals surface area contributed by atoms with E-state index in [-0.39, 0.29) is 5.41 Å². The summed E-state index contributed by atoms with van der Waals surface area (Å²) in [5.41, 5.74) is 7.83. The Kier molecular flexibility index (Phi) is 3.59. The molecule has 0 bridgehead atoms. The van der Waals surface area contributed by atoms with Crippen molar-refractivity contribution >= 4 is 0 Å². The van der Waals surface area contributed by atoms with Crippen molar-refractivity contribution < 1.29 is 0 Å². The van der Waals surface area contributed by atoms with E-state index >= 15 is 0 Å². The molecule has 1 saturated carbocycles. The van der Waals surface area contributed by atoms with Crippen LogP contribution < -0.4 is 5.73 Å². The highest BCUT2D eigenvalue weighted by molar-refractivity contribution is 5.14. The van der Waals surface area contributed by atoms with Crippen molar-refractivity contribution in [2.24, 2.45) is 28.4 Å². The zero-order chi connectivity index (χ0) is 12.7. The summed E-state index contributed by atoms with van der Waals surface area (Å²) >= 11 is 0. The number of allylic oxidation sites excluding steroid dienone is 1. The summed E-state index contributed by atoms with van der Waals surface area (Å²) in [7, 11) is 0. The molecule has 94 valence electrons. The molecule has 1 nitrogen and oxygen atoms in total. The van der Waals surface area contributed by atoms with Crippen LogP contribution in [-0.4, -0.2) is 6.04 Å². The summed E-state index contributed by atoms with van der Waals surface area (Å²) in [5, 5.41) is 0. The first-order valence-corrected chi connectivity index (χ1v) is 6.48. The van der Waals surface area contributed by atoms with Crippen LogP contribution in [0.5, 0.6) is 0 Å². The Labute approximate surface area is 101 Å². The van der Waals surface area contributed by atoms with Gasteiger partial charge in [-0.3, -0.25) is 0 Å². The molecule has 0 aromatic heterocycles. The van der Waals surface area contributed by atoms with Gasteiger partial charge in [0, 0.05) is 6.04 Å².